The van der Waals surface area contributed by atoms with Crippen molar-refractivity contribution in [3.8, 4) is 0 Å². The zero-order chi connectivity index (χ0) is 11.3. The van der Waals surface area contributed by atoms with Gasteiger partial charge in [-0.15, -0.1) is 0 Å². The zero-order valence-corrected chi connectivity index (χ0v) is 10.1. The highest BCUT2D eigenvalue weighted by molar-refractivity contribution is 6.30. The Bertz CT molecular complexity index is 298. The fraction of sp³-hybridized carbons (Fsp3) is 0.462. The summed E-state index contributed by atoms with van der Waals surface area (Å²) in [4.78, 5) is 0. The summed E-state index contributed by atoms with van der Waals surface area (Å²) in [6, 6.07) is 7.68. The fourth-order valence-corrected chi connectivity index (χ4v) is 1.74. The van der Waals surface area contributed by atoms with Crippen molar-refractivity contribution in [3.05, 3.63) is 41.0 Å². The number of hydrogen-bond acceptors (Lipinski definition) is 1. The molecule has 0 bridgehead atoms. The van der Waals surface area contributed by atoms with E-state index in [1.165, 1.54) is 0 Å². The molecule has 0 saturated carbocycles. The number of rotatable bonds is 5. The molecule has 15 heavy (non-hydrogen) atoms. The van der Waals surface area contributed by atoms with Crippen molar-refractivity contribution in [3.63, 3.8) is 0 Å². The standard InChI is InChI=1S/C13H18ClO/c1-3-4-8-13(15)10(2)11-6-5-7-12(14)9-11/h5-7,9-10,15H,3-4,8H2,1-2H3. The van der Waals surface area contributed by atoms with E-state index in [-0.39, 0.29) is 5.92 Å². The maximum Gasteiger partial charge on any atom is 0.100 e. The van der Waals surface area contributed by atoms with Gasteiger partial charge < -0.3 is 5.11 Å². The molecule has 0 aliphatic carbocycles. The molecule has 1 aromatic carbocycles. The van der Waals surface area contributed by atoms with Gasteiger partial charge in [0.15, 0.2) is 0 Å². The van der Waals surface area contributed by atoms with Crippen LogP contribution in [0.25, 0.3) is 0 Å². The van der Waals surface area contributed by atoms with Crippen LogP contribution in [0.5, 0.6) is 0 Å². The Morgan fingerprint density at radius 3 is 2.80 bits per heavy atom. The molecule has 0 aromatic heterocycles. The first-order valence-corrected chi connectivity index (χ1v) is 5.83. The van der Waals surface area contributed by atoms with Gasteiger partial charge in [-0.1, -0.05) is 50.4 Å². The van der Waals surface area contributed by atoms with Crippen molar-refractivity contribution < 1.29 is 5.11 Å². The monoisotopic (exact) mass is 225 g/mol. The molecule has 1 aromatic rings. The lowest BCUT2D eigenvalue weighted by Gasteiger charge is -2.18. The summed E-state index contributed by atoms with van der Waals surface area (Å²) in [7, 11) is 0. The van der Waals surface area contributed by atoms with Crippen LogP contribution in [-0.4, -0.2) is 5.11 Å². The molecule has 1 radical (unpaired) electrons. The van der Waals surface area contributed by atoms with Gasteiger partial charge in [-0.05, 0) is 24.1 Å². The van der Waals surface area contributed by atoms with Gasteiger partial charge in [-0.25, -0.2) is 0 Å². The number of hydrogen-bond donors (Lipinski definition) is 1. The molecule has 1 N–H and O–H groups in total. The Labute approximate surface area is 97.1 Å². The average Bonchev–Trinajstić information content (AvgIpc) is 2.24. The molecular formula is C13H18ClO. The summed E-state index contributed by atoms with van der Waals surface area (Å²) < 4.78 is 0. The molecule has 0 spiro atoms. The number of aliphatic hydroxyl groups excluding tert-OH is 1. The van der Waals surface area contributed by atoms with Gasteiger partial charge in [-0.3, -0.25) is 0 Å². The van der Waals surface area contributed by atoms with E-state index in [9.17, 15) is 5.11 Å². The summed E-state index contributed by atoms with van der Waals surface area (Å²) in [6.07, 6.45) is 3.48. The minimum absolute atomic E-state index is 0.0789. The van der Waals surface area contributed by atoms with Crippen LogP contribution in [0.15, 0.2) is 24.3 Å². The quantitative estimate of drug-likeness (QED) is 0.780. The van der Waals surface area contributed by atoms with Crippen LogP contribution in [0.1, 0.15) is 44.6 Å². The molecule has 1 rings (SSSR count). The molecule has 1 unspecified atom stereocenters. The van der Waals surface area contributed by atoms with Crippen molar-refractivity contribution in [2.45, 2.75) is 39.0 Å². The zero-order valence-electron chi connectivity index (χ0n) is 9.33. The normalized spacial score (nSPS) is 13.1. The Hall–Kier alpha value is -0.530. The molecule has 0 heterocycles. The van der Waals surface area contributed by atoms with Crippen LogP contribution in [0.3, 0.4) is 0 Å². The van der Waals surface area contributed by atoms with Crippen LogP contribution in [0.4, 0.5) is 0 Å². The second-order valence-corrected chi connectivity index (χ2v) is 4.31. The smallest absolute Gasteiger partial charge is 0.100 e. The number of unbranched alkanes of at least 4 members (excludes halogenated alkanes) is 1. The summed E-state index contributed by atoms with van der Waals surface area (Å²) in [5, 5.41) is 10.6. The number of halogens is 1. The summed E-state index contributed by atoms with van der Waals surface area (Å²) >= 11 is 5.91. The Morgan fingerprint density at radius 1 is 1.47 bits per heavy atom. The third-order valence-electron chi connectivity index (χ3n) is 2.63. The Kier molecular flexibility index (Phi) is 5.13. The maximum absolute atomic E-state index is 9.87. The molecule has 0 aliphatic heterocycles. The molecule has 83 valence electrons. The van der Waals surface area contributed by atoms with Gasteiger partial charge in [0.2, 0.25) is 0 Å². The molecule has 0 amide bonds. The van der Waals surface area contributed by atoms with Crippen LogP contribution in [-0.2, 0) is 0 Å². The maximum atomic E-state index is 9.87. The minimum atomic E-state index is 0.0789. The lowest BCUT2D eigenvalue weighted by Crippen LogP contribution is -2.06. The van der Waals surface area contributed by atoms with E-state index < -0.39 is 0 Å². The second-order valence-electron chi connectivity index (χ2n) is 3.87. The van der Waals surface area contributed by atoms with E-state index in [0.29, 0.717) is 6.10 Å². The van der Waals surface area contributed by atoms with Crippen molar-refractivity contribution >= 4 is 11.6 Å². The van der Waals surface area contributed by atoms with E-state index in [2.05, 4.69) is 6.92 Å². The molecular weight excluding hydrogens is 208 g/mol. The lowest BCUT2D eigenvalue weighted by molar-refractivity contribution is 0.250. The van der Waals surface area contributed by atoms with Gasteiger partial charge >= 0.3 is 0 Å². The molecule has 0 aliphatic rings. The minimum Gasteiger partial charge on any atom is -0.386 e. The van der Waals surface area contributed by atoms with Gasteiger partial charge in [-0.2, -0.15) is 0 Å². The van der Waals surface area contributed by atoms with Crippen LogP contribution < -0.4 is 0 Å². The predicted octanol–water partition coefficient (Wildman–Crippen LogP) is 4.54. The van der Waals surface area contributed by atoms with E-state index in [1.807, 2.05) is 31.2 Å². The van der Waals surface area contributed by atoms with E-state index in [0.717, 1.165) is 29.8 Å². The highest BCUT2D eigenvalue weighted by Gasteiger charge is 2.16. The lowest BCUT2D eigenvalue weighted by atomic mass is 9.92. The first-order valence-electron chi connectivity index (χ1n) is 5.45. The Morgan fingerprint density at radius 2 is 2.20 bits per heavy atom. The van der Waals surface area contributed by atoms with Gasteiger partial charge in [0, 0.05) is 10.9 Å². The van der Waals surface area contributed by atoms with Crippen molar-refractivity contribution in [2.75, 3.05) is 0 Å². The summed E-state index contributed by atoms with van der Waals surface area (Å²) in [5.74, 6) is 0.0789. The molecule has 0 saturated heterocycles. The van der Waals surface area contributed by atoms with E-state index >= 15 is 0 Å². The summed E-state index contributed by atoms with van der Waals surface area (Å²) in [5.41, 5.74) is 1.08. The van der Waals surface area contributed by atoms with Crippen LogP contribution in [0, 0.1) is 6.10 Å². The number of aliphatic hydroxyl groups is 1. The summed E-state index contributed by atoms with van der Waals surface area (Å²) in [6.45, 7) is 4.13. The van der Waals surface area contributed by atoms with Gasteiger partial charge in [0.25, 0.3) is 0 Å². The third-order valence-corrected chi connectivity index (χ3v) is 2.87. The van der Waals surface area contributed by atoms with Crippen molar-refractivity contribution in [1.29, 1.82) is 0 Å². The topological polar surface area (TPSA) is 20.2 Å². The molecule has 1 nitrogen and oxygen atoms in total. The fourth-order valence-electron chi connectivity index (χ4n) is 1.54. The molecule has 2 heteroatoms. The van der Waals surface area contributed by atoms with Crippen molar-refractivity contribution in [1.82, 2.24) is 0 Å². The largest absolute Gasteiger partial charge is 0.386 e. The highest BCUT2D eigenvalue weighted by Crippen LogP contribution is 2.29. The van der Waals surface area contributed by atoms with Gasteiger partial charge in [0.05, 0.1) is 0 Å². The first-order chi connectivity index (χ1) is 7.15. The highest BCUT2D eigenvalue weighted by atomic mass is 35.5. The van der Waals surface area contributed by atoms with E-state index in [1.54, 1.807) is 0 Å². The first kappa shape index (κ1) is 12.5. The Balaban J connectivity index is 2.62. The predicted molar refractivity (Wildman–Crippen MR) is 64.6 cm³/mol. The van der Waals surface area contributed by atoms with E-state index in [4.69, 9.17) is 11.6 Å². The number of benzene rings is 1. The SMILES string of the molecule is CCCC[C](O)C(C)c1cccc(Cl)c1. The average molecular weight is 226 g/mol. The van der Waals surface area contributed by atoms with Crippen LogP contribution >= 0.6 is 11.6 Å². The van der Waals surface area contributed by atoms with Crippen molar-refractivity contribution in [2.24, 2.45) is 0 Å². The van der Waals surface area contributed by atoms with Gasteiger partial charge in [0.1, 0.15) is 6.10 Å². The molecule has 1 atom stereocenters. The van der Waals surface area contributed by atoms with Crippen LogP contribution in [0.2, 0.25) is 5.02 Å². The third kappa shape index (κ3) is 3.84. The second kappa shape index (κ2) is 6.14. The molecule has 0 fully saturated rings.